The zero-order valence-electron chi connectivity index (χ0n) is 10.8. The summed E-state index contributed by atoms with van der Waals surface area (Å²) in [6, 6.07) is 8.50. The molecule has 0 saturated heterocycles. The van der Waals surface area contributed by atoms with Gasteiger partial charge in [-0.2, -0.15) is 0 Å². The van der Waals surface area contributed by atoms with Gasteiger partial charge in [0.1, 0.15) is 5.75 Å². The lowest BCUT2D eigenvalue weighted by Crippen LogP contribution is -2.26. The van der Waals surface area contributed by atoms with Crippen molar-refractivity contribution in [1.82, 2.24) is 5.32 Å². The lowest BCUT2D eigenvalue weighted by molar-refractivity contribution is 0.268. The van der Waals surface area contributed by atoms with Crippen molar-refractivity contribution in [3.63, 3.8) is 0 Å². The zero-order valence-corrected chi connectivity index (χ0v) is 10.8. The number of ether oxygens (including phenoxy) is 1. The first-order chi connectivity index (χ1) is 8.26. The maximum absolute atomic E-state index is 8.80. The molecule has 1 rings (SSSR count). The molecule has 3 heteroatoms. The highest BCUT2D eigenvalue weighted by Gasteiger charge is 2.00. The van der Waals surface area contributed by atoms with Crippen LogP contribution in [0.1, 0.15) is 32.3 Å². The topological polar surface area (TPSA) is 41.5 Å². The molecule has 0 radical (unpaired) electrons. The third-order valence-corrected chi connectivity index (χ3v) is 2.61. The van der Waals surface area contributed by atoms with Crippen LogP contribution in [-0.2, 0) is 6.54 Å². The molecule has 0 saturated carbocycles. The lowest BCUT2D eigenvalue weighted by Gasteiger charge is -2.12. The van der Waals surface area contributed by atoms with Crippen LogP contribution in [0.4, 0.5) is 0 Å². The Bertz CT molecular complexity index is 298. The highest BCUT2D eigenvalue weighted by Crippen LogP contribution is 2.12. The van der Waals surface area contributed by atoms with Crippen molar-refractivity contribution in [2.45, 2.75) is 39.3 Å². The summed E-state index contributed by atoms with van der Waals surface area (Å²) < 4.78 is 5.52. The van der Waals surface area contributed by atoms with Gasteiger partial charge in [0.25, 0.3) is 0 Å². The SMILES string of the molecule is CCCOc1ccc(CNC(C)CCO)cc1. The number of benzene rings is 1. The maximum atomic E-state index is 8.80. The molecule has 1 aromatic carbocycles. The molecule has 0 amide bonds. The minimum absolute atomic E-state index is 0.234. The van der Waals surface area contributed by atoms with Crippen molar-refractivity contribution in [2.75, 3.05) is 13.2 Å². The minimum Gasteiger partial charge on any atom is -0.494 e. The summed E-state index contributed by atoms with van der Waals surface area (Å²) in [7, 11) is 0. The van der Waals surface area contributed by atoms with Crippen LogP contribution < -0.4 is 10.1 Å². The van der Waals surface area contributed by atoms with E-state index in [9.17, 15) is 0 Å². The van der Waals surface area contributed by atoms with E-state index in [1.807, 2.05) is 12.1 Å². The second-order valence-electron chi connectivity index (χ2n) is 4.29. The third-order valence-electron chi connectivity index (χ3n) is 2.61. The summed E-state index contributed by atoms with van der Waals surface area (Å²) in [5, 5.41) is 12.2. The smallest absolute Gasteiger partial charge is 0.119 e. The van der Waals surface area contributed by atoms with Crippen LogP contribution in [0.5, 0.6) is 5.75 Å². The van der Waals surface area contributed by atoms with Gasteiger partial charge in [-0.25, -0.2) is 0 Å². The highest BCUT2D eigenvalue weighted by molar-refractivity contribution is 5.27. The van der Waals surface area contributed by atoms with Crippen LogP contribution in [0.3, 0.4) is 0 Å². The molecule has 1 aromatic rings. The Morgan fingerprint density at radius 2 is 2.00 bits per heavy atom. The first-order valence-corrected chi connectivity index (χ1v) is 6.32. The van der Waals surface area contributed by atoms with E-state index in [2.05, 4.69) is 31.3 Å². The minimum atomic E-state index is 0.234. The normalized spacial score (nSPS) is 12.4. The number of aliphatic hydroxyl groups is 1. The van der Waals surface area contributed by atoms with E-state index in [-0.39, 0.29) is 6.61 Å². The van der Waals surface area contributed by atoms with Gasteiger partial charge in [-0.3, -0.25) is 0 Å². The van der Waals surface area contributed by atoms with Crippen molar-refractivity contribution >= 4 is 0 Å². The second kappa shape index (κ2) is 8.09. The summed E-state index contributed by atoms with van der Waals surface area (Å²) in [6.07, 6.45) is 1.82. The number of rotatable bonds is 8. The Kier molecular flexibility index (Phi) is 6.67. The quantitative estimate of drug-likeness (QED) is 0.729. The molecular formula is C14H23NO2. The van der Waals surface area contributed by atoms with Gasteiger partial charge in [-0.05, 0) is 37.5 Å². The van der Waals surface area contributed by atoms with Gasteiger partial charge < -0.3 is 15.2 Å². The summed E-state index contributed by atoms with van der Waals surface area (Å²) >= 11 is 0. The van der Waals surface area contributed by atoms with Crippen molar-refractivity contribution in [1.29, 1.82) is 0 Å². The van der Waals surface area contributed by atoms with E-state index in [0.717, 1.165) is 31.7 Å². The van der Waals surface area contributed by atoms with Crippen molar-refractivity contribution < 1.29 is 9.84 Å². The lowest BCUT2D eigenvalue weighted by atomic mass is 10.2. The molecule has 17 heavy (non-hydrogen) atoms. The summed E-state index contributed by atoms with van der Waals surface area (Å²) in [6.45, 7) is 6.01. The Balaban J connectivity index is 2.34. The molecule has 1 unspecified atom stereocenters. The average molecular weight is 237 g/mol. The highest BCUT2D eigenvalue weighted by atomic mass is 16.5. The Morgan fingerprint density at radius 1 is 1.29 bits per heavy atom. The van der Waals surface area contributed by atoms with E-state index >= 15 is 0 Å². The number of hydrogen-bond acceptors (Lipinski definition) is 3. The fourth-order valence-electron chi connectivity index (χ4n) is 1.51. The molecule has 3 nitrogen and oxygen atoms in total. The third kappa shape index (κ3) is 5.71. The van der Waals surface area contributed by atoms with Crippen molar-refractivity contribution in [2.24, 2.45) is 0 Å². The largest absolute Gasteiger partial charge is 0.494 e. The van der Waals surface area contributed by atoms with Gasteiger partial charge in [0.2, 0.25) is 0 Å². The summed E-state index contributed by atoms with van der Waals surface area (Å²) in [4.78, 5) is 0. The maximum Gasteiger partial charge on any atom is 0.119 e. The van der Waals surface area contributed by atoms with E-state index in [1.54, 1.807) is 0 Å². The van der Waals surface area contributed by atoms with E-state index in [4.69, 9.17) is 9.84 Å². The van der Waals surface area contributed by atoms with Gasteiger partial charge in [-0.1, -0.05) is 19.1 Å². The fourth-order valence-corrected chi connectivity index (χ4v) is 1.51. The first kappa shape index (κ1) is 14.0. The van der Waals surface area contributed by atoms with E-state index < -0.39 is 0 Å². The molecule has 0 aliphatic carbocycles. The fraction of sp³-hybridized carbons (Fsp3) is 0.571. The van der Waals surface area contributed by atoms with Crippen LogP contribution in [0.2, 0.25) is 0 Å². The molecule has 0 aliphatic heterocycles. The number of hydrogen-bond donors (Lipinski definition) is 2. The van der Waals surface area contributed by atoms with Crippen molar-refractivity contribution in [3.8, 4) is 5.75 Å². The molecule has 0 aromatic heterocycles. The van der Waals surface area contributed by atoms with E-state index in [0.29, 0.717) is 6.04 Å². The number of aliphatic hydroxyl groups excluding tert-OH is 1. The Hall–Kier alpha value is -1.06. The predicted octanol–water partition coefficient (Wildman–Crippen LogP) is 2.34. The van der Waals surface area contributed by atoms with Gasteiger partial charge in [0.05, 0.1) is 6.61 Å². The van der Waals surface area contributed by atoms with Crippen LogP contribution in [0.15, 0.2) is 24.3 Å². The van der Waals surface area contributed by atoms with Crippen LogP contribution in [-0.4, -0.2) is 24.4 Å². The molecule has 0 aliphatic rings. The molecule has 0 fully saturated rings. The molecule has 2 N–H and O–H groups in total. The Labute approximate surface area is 104 Å². The van der Waals surface area contributed by atoms with Gasteiger partial charge in [0, 0.05) is 19.2 Å². The van der Waals surface area contributed by atoms with Gasteiger partial charge >= 0.3 is 0 Å². The van der Waals surface area contributed by atoms with E-state index in [1.165, 1.54) is 5.56 Å². The molecule has 1 atom stereocenters. The average Bonchev–Trinajstić information content (AvgIpc) is 2.35. The summed E-state index contributed by atoms with van der Waals surface area (Å²) in [5.74, 6) is 0.930. The molecule has 96 valence electrons. The second-order valence-corrected chi connectivity index (χ2v) is 4.29. The monoisotopic (exact) mass is 237 g/mol. The van der Waals surface area contributed by atoms with Crippen LogP contribution in [0, 0.1) is 0 Å². The standard InChI is InChI=1S/C14H23NO2/c1-3-10-17-14-6-4-13(5-7-14)11-15-12(2)8-9-16/h4-7,12,15-16H,3,8-11H2,1-2H3. The van der Waals surface area contributed by atoms with Gasteiger partial charge in [0.15, 0.2) is 0 Å². The summed E-state index contributed by atoms with van der Waals surface area (Å²) in [5.41, 5.74) is 1.23. The molecular weight excluding hydrogens is 214 g/mol. The zero-order chi connectivity index (χ0) is 12.5. The van der Waals surface area contributed by atoms with Crippen LogP contribution >= 0.6 is 0 Å². The molecule has 0 heterocycles. The van der Waals surface area contributed by atoms with Gasteiger partial charge in [-0.15, -0.1) is 0 Å². The van der Waals surface area contributed by atoms with Crippen molar-refractivity contribution in [3.05, 3.63) is 29.8 Å². The molecule has 0 bridgehead atoms. The molecule has 0 spiro atoms. The Morgan fingerprint density at radius 3 is 2.59 bits per heavy atom. The predicted molar refractivity (Wildman–Crippen MR) is 70.2 cm³/mol. The number of nitrogens with one attached hydrogen (secondary N) is 1. The van der Waals surface area contributed by atoms with Crippen LogP contribution in [0.25, 0.3) is 0 Å². The first-order valence-electron chi connectivity index (χ1n) is 6.32.